The fraction of sp³-hybridized carbons (Fsp3) is 0.562. The zero-order chi connectivity index (χ0) is 33.7. The van der Waals surface area contributed by atoms with E-state index in [1.165, 1.54) is 5.57 Å². The molecule has 0 atom stereocenters. The van der Waals surface area contributed by atoms with Gasteiger partial charge in [-0.05, 0) is 96.5 Å². The summed E-state index contributed by atoms with van der Waals surface area (Å²) in [5.41, 5.74) is 16.4. The van der Waals surface area contributed by atoms with Crippen LogP contribution in [0.4, 0.5) is 11.6 Å². The Labute approximate surface area is 296 Å². The average molecular weight is 862 g/mol. The highest BCUT2D eigenvalue weighted by Gasteiger charge is 2.33. The molecule has 0 saturated heterocycles. The molecule has 0 aliphatic carbocycles. The molecule has 3 heterocycles. The summed E-state index contributed by atoms with van der Waals surface area (Å²) in [4.78, 5) is 22.8. The van der Waals surface area contributed by atoms with Gasteiger partial charge in [0.2, 0.25) is 0 Å². The smallest absolute Gasteiger partial charge is 0.161 e. The number of H-pyrrole nitrogens is 1. The first kappa shape index (κ1) is 37.0. The molecular weight excluding hydrogens is 816 g/mol. The fourth-order valence-electron chi connectivity index (χ4n) is 4.90. The minimum absolute atomic E-state index is 0.0417. The third-order valence-corrected chi connectivity index (χ3v) is 10.7. The van der Waals surface area contributed by atoms with E-state index < -0.39 is 0 Å². The summed E-state index contributed by atoms with van der Waals surface area (Å²) in [6, 6.07) is 0. The van der Waals surface area contributed by atoms with Gasteiger partial charge >= 0.3 is 0 Å². The van der Waals surface area contributed by atoms with Crippen LogP contribution < -0.4 is 16.8 Å². The Kier molecular flexibility index (Phi) is 10.9. The summed E-state index contributed by atoms with van der Waals surface area (Å²) in [7, 11) is 0. The van der Waals surface area contributed by atoms with Gasteiger partial charge < -0.3 is 21.8 Å². The van der Waals surface area contributed by atoms with Gasteiger partial charge in [0.05, 0.1) is 24.5 Å². The van der Waals surface area contributed by atoms with Crippen LogP contribution in [0.15, 0.2) is 54.6 Å². The Morgan fingerprint density at radius 2 is 1.45 bits per heavy atom. The Bertz CT molecular complexity index is 1550. The second-order valence-electron chi connectivity index (χ2n) is 15.2. The van der Waals surface area contributed by atoms with Crippen LogP contribution in [-0.4, -0.2) is 41.4 Å². The number of amidine groups is 4. The molecule has 0 bridgehead atoms. The zero-order valence-corrected chi connectivity index (χ0v) is 34.2. The van der Waals surface area contributed by atoms with Crippen molar-refractivity contribution < 1.29 is 0 Å². The summed E-state index contributed by atoms with van der Waals surface area (Å²) < 4.78 is 3.32. The largest absolute Gasteiger partial charge is 0.383 e. The van der Waals surface area contributed by atoms with Crippen LogP contribution in [0.1, 0.15) is 88.6 Å². The van der Waals surface area contributed by atoms with Gasteiger partial charge in [-0.25, -0.2) is 15.0 Å². The van der Waals surface area contributed by atoms with Crippen LogP contribution in [-0.2, 0) is 5.41 Å². The molecule has 2 aliphatic heterocycles. The van der Waals surface area contributed by atoms with Gasteiger partial charge in [0, 0.05) is 17.7 Å². The first-order valence-corrected chi connectivity index (χ1v) is 17.7. The molecular formula is C32H46Br4N8. The molecule has 2 aliphatic rings. The van der Waals surface area contributed by atoms with E-state index in [0.29, 0.717) is 35.7 Å². The number of nitrogens with two attached hydrogens (primary N) is 2. The Morgan fingerprint density at radius 3 is 1.93 bits per heavy atom. The van der Waals surface area contributed by atoms with E-state index in [2.05, 4.69) is 162 Å². The van der Waals surface area contributed by atoms with Gasteiger partial charge in [0.1, 0.15) is 29.1 Å². The van der Waals surface area contributed by atoms with E-state index in [-0.39, 0.29) is 21.7 Å². The van der Waals surface area contributed by atoms with Crippen molar-refractivity contribution in [1.29, 1.82) is 0 Å². The molecule has 0 unspecified atom stereocenters. The summed E-state index contributed by atoms with van der Waals surface area (Å²) in [5.74, 6) is 3.37. The summed E-state index contributed by atoms with van der Waals surface area (Å²) in [5, 5.41) is 3.44. The molecule has 1 aromatic heterocycles. The van der Waals surface area contributed by atoms with Crippen LogP contribution in [0.5, 0.6) is 0 Å². The van der Waals surface area contributed by atoms with Gasteiger partial charge in [-0.15, -0.1) is 0 Å². The quantitative estimate of drug-likeness (QED) is 0.174. The summed E-state index contributed by atoms with van der Waals surface area (Å²) >= 11 is 15.0. The second kappa shape index (κ2) is 13.0. The van der Waals surface area contributed by atoms with Crippen molar-refractivity contribution in [3.8, 4) is 0 Å². The maximum absolute atomic E-state index is 6.73. The van der Waals surface area contributed by atoms with Crippen molar-refractivity contribution in [3.05, 3.63) is 40.2 Å². The monoisotopic (exact) mass is 858 g/mol. The maximum Gasteiger partial charge on any atom is 0.161 e. The lowest BCUT2D eigenvalue weighted by Crippen LogP contribution is -2.23. The molecule has 0 amide bonds. The summed E-state index contributed by atoms with van der Waals surface area (Å²) in [6.07, 6.45) is 0. The molecule has 0 aromatic carbocycles. The van der Waals surface area contributed by atoms with Gasteiger partial charge in [0.15, 0.2) is 5.84 Å². The molecule has 0 saturated carbocycles. The number of nitrogens with one attached hydrogen (secondary N) is 2. The first-order valence-electron chi connectivity index (χ1n) is 14.5. The highest BCUT2D eigenvalue weighted by Crippen LogP contribution is 2.45. The van der Waals surface area contributed by atoms with Gasteiger partial charge in [-0.3, -0.25) is 4.99 Å². The van der Waals surface area contributed by atoms with E-state index in [0.717, 1.165) is 47.0 Å². The number of nitrogens with zero attached hydrogens (tertiary/aromatic N) is 4. The Hall–Kier alpha value is -1.50. The molecule has 12 heteroatoms. The van der Waals surface area contributed by atoms with Crippen LogP contribution in [0.25, 0.3) is 0 Å². The number of rotatable bonds is 5. The molecule has 242 valence electrons. The first-order chi connectivity index (χ1) is 19.9. The van der Waals surface area contributed by atoms with E-state index in [1.54, 1.807) is 0 Å². The highest BCUT2D eigenvalue weighted by molar-refractivity contribution is 9.12. The van der Waals surface area contributed by atoms with E-state index in [1.807, 2.05) is 0 Å². The van der Waals surface area contributed by atoms with Gasteiger partial charge in [-0.1, -0.05) is 83.1 Å². The normalized spacial score (nSPS) is 19.8. The molecule has 8 nitrogen and oxygen atoms in total. The van der Waals surface area contributed by atoms with Gasteiger partial charge in [-0.2, -0.15) is 0 Å². The van der Waals surface area contributed by atoms with Gasteiger partial charge in [0.25, 0.3) is 0 Å². The van der Waals surface area contributed by atoms with Crippen molar-refractivity contribution in [2.24, 2.45) is 47.7 Å². The second-order valence-corrected chi connectivity index (χ2v) is 18.4. The highest BCUT2D eigenvalue weighted by atomic mass is 79.9. The van der Waals surface area contributed by atoms with Crippen molar-refractivity contribution in [3.63, 3.8) is 0 Å². The van der Waals surface area contributed by atoms with Crippen LogP contribution in [0.2, 0.25) is 0 Å². The number of halogens is 4. The molecule has 44 heavy (non-hydrogen) atoms. The van der Waals surface area contributed by atoms with E-state index in [4.69, 9.17) is 26.4 Å². The van der Waals surface area contributed by atoms with E-state index in [9.17, 15) is 0 Å². The Balaban J connectivity index is 2.13. The predicted octanol–water partition coefficient (Wildman–Crippen LogP) is 9.55. The number of aliphatic imine (C=N–C) groups is 4. The lowest BCUT2D eigenvalue weighted by Gasteiger charge is -2.24. The molecule has 0 fully saturated rings. The van der Waals surface area contributed by atoms with Crippen molar-refractivity contribution >= 4 is 98.7 Å². The third kappa shape index (κ3) is 8.07. The minimum atomic E-state index is -0.277. The third-order valence-electron chi connectivity index (χ3n) is 7.35. The minimum Gasteiger partial charge on any atom is -0.383 e. The Morgan fingerprint density at radius 1 is 0.864 bits per heavy atom. The maximum atomic E-state index is 6.73. The number of hydrogen-bond acceptors (Lipinski definition) is 4. The van der Waals surface area contributed by atoms with Crippen molar-refractivity contribution in [2.45, 2.75) is 88.5 Å². The average Bonchev–Trinajstić information content (AvgIpc) is 3.45. The molecule has 0 spiro atoms. The summed E-state index contributed by atoms with van der Waals surface area (Å²) in [6.45, 7) is 27.0. The van der Waals surface area contributed by atoms with Crippen molar-refractivity contribution in [1.82, 2.24) is 10.3 Å². The van der Waals surface area contributed by atoms with Crippen LogP contribution >= 0.6 is 63.7 Å². The van der Waals surface area contributed by atoms with E-state index >= 15 is 0 Å². The molecule has 6 N–H and O–H groups in total. The number of aromatic nitrogens is 1. The fourth-order valence-corrected chi connectivity index (χ4v) is 8.54. The number of aromatic amines is 1. The predicted molar refractivity (Wildman–Crippen MR) is 204 cm³/mol. The number of hydrogen-bond donors (Lipinski definition) is 4. The lowest BCUT2D eigenvalue weighted by atomic mass is 9.86. The lowest BCUT2D eigenvalue weighted by molar-refractivity contribution is 0.495. The standard InChI is InChI=1S/C32H46Br4N8/c1-29(2,3)15(13-39-27-20(34)16(14-40-27)30(4,5)6)19(33)23(37)41-26-18(32(10,11)12)22(36)28(44-26)43-25-17(31(7,8)9)21(35)24(38)42-25/h44H,13-14H2,1-12H3,(H2,37,41)(H,39,40)(H2,38,42,43)/b19-15-. The zero-order valence-electron chi connectivity index (χ0n) is 27.9. The molecule has 1 aromatic rings. The SMILES string of the molecule is CC(C)(C)C1=C(Br)/C(=N/C/C(=C(Br)\C(N)=N\c2[nH]c(/N=C3\N=C(N)C(Br)=C3C(C)(C)C)c(Br)c2C(C)(C)C)C(C)(C)C)NC1. The van der Waals surface area contributed by atoms with Crippen molar-refractivity contribution in [2.75, 3.05) is 13.1 Å². The van der Waals surface area contributed by atoms with Crippen LogP contribution in [0, 0.1) is 16.2 Å². The topological polar surface area (TPSA) is 129 Å². The molecule has 0 radical (unpaired) electrons. The molecule has 3 rings (SSSR count). The van der Waals surface area contributed by atoms with Crippen LogP contribution in [0.3, 0.4) is 0 Å².